The summed E-state index contributed by atoms with van der Waals surface area (Å²) in [5.41, 5.74) is 1.25. The van der Waals surface area contributed by atoms with Gasteiger partial charge in [-0.3, -0.25) is 4.79 Å². The monoisotopic (exact) mass is 312 g/mol. The lowest BCUT2D eigenvalue weighted by molar-refractivity contribution is 0.112. The molecule has 0 bridgehead atoms. The van der Waals surface area contributed by atoms with Gasteiger partial charge in [0.05, 0.1) is 0 Å². The number of carbonyl (C=O) groups excluding carboxylic acids is 1. The first-order chi connectivity index (χ1) is 8.11. The van der Waals surface area contributed by atoms with Crippen LogP contribution in [0.25, 0.3) is 11.1 Å². The van der Waals surface area contributed by atoms with E-state index in [0.717, 1.165) is 4.47 Å². The van der Waals surface area contributed by atoms with Crippen LogP contribution in [0.5, 0.6) is 0 Å². The molecule has 0 amide bonds. The second-order valence-electron chi connectivity index (χ2n) is 3.47. The van der Waals surface area contributed by atoms with E-state index in [1.165, 1.54) is 6.07 Å². The van der Waals surface area contributed by atoms with Crippen LogP contribution in [-0.4, -0.2) is 6.29 Å². The number of rotatable bonds is 2. The van der Waals surface area contributed by atoms with Gasteiger partial charge in [-0.1, -0.05) is 27.5 Å². The van der Waals surface area contributed by atoms with Crippen molar-refractivity contribution < 1.29 is 9.18 Å². The Morgan fingerprint density at radius 2 is 1.88 bits per heavy atom. The van der Waals surface area contributed by atoms with Gasteiger partial charge in [-0.25, -0.2) is 4.39 Å². The molecule has 0 unspecified atom stereocenters. The topological polar surface area (TPSA) is 17.1 Å². The smallest absolute Gasteiger partial charge is 0.150 e. The average molecular weight is 314 g/mol. The number of halogens is 3. The summed E-state index contributed by atoms with van der Waals surface area (Å²) in [6, 6.07) is 9.32. The predicted octanol–water partition coefficient (Wildman–Crippen LogP) is 4.72. The second kappa shape index (κ2) is 4.98. The molecule has 2 rings (SSSR count). The molecule has 0 aliphatic carbocycles. The maximum atomic E-state index is 13.7. The molecule has 86 valence electrons. The summed E-state index contributed by atoms with van der Waals surface area (Å²) in [6.45, 7) is 0. The Hall–Kier alpha value is -1.19. The van der Waals surface area contributed by atoms with E-state index in [0.29, 0.717) is 28.0 Å². The van der Waals surface area contributed by atoms with Gasteiger partial charge in [-0.2, -0.15) is 0 Å². The number of carbonyl (C=O) groups is 1. The maximum Gasteiger partial charge on any atom is 0.150 e. The van der Waals surface area contributed by atoms with Crippen molar-refractivity contribution in [3.05, 3.63) is 57.3 Å². The van der Waals surface area contributed by atoms with Crippen molar-refractivity contribution in [1.82, 2.24) is 0 Å². The van der Waals surface area contributed by atoms with Gasteiger partial charge >= 0.3 is 0 Å². The minimum Gasteiger partial charge on any atom is -0.298 e. The van der Waals surface area contributed by atoms with Gasteiger partial charge in [0.1, 0.15) is 5.82 Å². The van der Waals surface area contributed by atoms with Crippen molar-refractivity contribution in [2.45, 2.75) is 0 Å². The van der Waals surface area contributed by atoms with Gasteiger partial charge < -0.3 is 0 Å². The molecule has 0 fully saturated rings. The SMILES string of the molecule is O=Cc1ccc(Cl)cc1-c1cc(Br)ccc1F. The van der Waals surface area contributed by atoms with Gasteiger partial charge in [0, 0.05) is 20.6 Å². The highest BCUT2D eigenvalue weighted by Gasteiger charge is 2.10. The summed E-state index contributed by atoms with van der Waals surface area (Å²) >= 11 is 9.14. The standard InChI is InChI=1S/C13H7BrClFO/c14-9-2-4-13(16)12(5-9)11-6-10(15)3-1-8(11)7-17/h1-7H. The van der Waals surface area contributed by atoms with Gasteiger partial charge in [0.2, 0.25) is 0 Å². The van der Waals surface area contributed by atoms with E-state index in [9.17, 15) is 9.18 Å². The molecular weight excluding hydrogens is 306 g/mol. The molecule has 0 aliphatic rings. The fourth-order valence-corrected chi connectivity index (χ4v) is 2.10. The molecule has 0 radical (unpaired) electrons. The third-order valence-electron chi connectivity index (χ3n) is 2.36. The minimum absolute atomic E-state index is 0.351. The number of benzene rings is 2. The van der Waals surface area contributed by atoms with E-state index < -0.39 is 5.82 Å². The van der Waals surface area contributed by atoms with Crippen LogP contribution in [0.15, 0.2) is 40.9 Å². The van der Waals surface area contributed by atoms with Crippen molar-refractivity contribution in [2.24, 2.45) is 0 Å². The highest BCUT2D eigenvalue weighted by Crippen LogP contribution is 2.30. The van der Waals surface area contributed by atoms with Crippen LogP contribution in [0.2, 0.25) is 5.02 Å². The van der Waals surface area contributed by atoms with Crippen LogP contribution in [0, 0.1) is 5.82 Å². The Morgan fingerprint density at radius 3 is 2.59 bits per heavy atom. The normalized spacial score (nSPS) is 10.3. The highest BCUT2D eigenvalue weighted by molar-refractivity contribution is 9.10. The fraction of sp³-hybridized carbons (Fsp3) is 0. The molecule has 0 atom stereocenters. The van der Waals surface area contributed by atoms with Gasteiger partial charge in [-0.05, 0) is 42.0 Å². The van der Waals surface area contributed by atoms with Gasteiger partial charge in [0.25, 0.3) is 0 Å². The zero-order valence-electron chi connectivity index (χ0n) is 8.58. The Labute approximate surface area is 111 Å². The quantitative estimate of drug-likeness (QED) is 0.733. The molecule has 2 aromatic rings. The Bertz CT molecular complexity index is 584. The predicted molar refractivity (Wildman–Crippen MR) is 69.9 cm³/mol. The van der Waals surface area contributed by atoms with E-state index in [1.807, 2.05) is 0 Å². The Kier molecular flexibility index (Phi) is 3.60. The van der Waals surface area contributed by atoms with Crippen molar-refractivity contribution in [3.63, 3.8) is 0 Å². The van der Waals surface area contributed by atoms with E-state index >= 15 is 0 Å². The van der Waals surface area contributed by atoms with Crippen LogP contribution >= 0.6 is 27.5 Å². The number of aldehydes is 1. The van der Waals surface area contributed by atoms with Crippen molar-refractivity contribution in [3.8, 4) is 11.1 Å². The molecule has 17 heavy (non-hydrogen) atoms. The van der Waals surface area contributed by atoms with Crippen molar-refractivity contribution >= 4 is 33.8 Å². The summed E-state index contributed by atoms with van der Waals surface area (Å²) in [5, 5.41) is 0.463. The summed E-state index contributed by atoms with van der Waals surface area (Å²) in [7, 11) is 0. The van der Waals surface area contributed by atoms with Gasteiger partial charge in [0.15, 0.2) is 6.29 Å². The first-order valence-electron chi connectivity index (χ1n) is 4.82. The van der Waals surface area contributed by atoms with Crippen LogP contribution in [0.4, 0.5) is 4.39 Å². The van der Waals surface area contributed by atoms with Crippen LogP contribution in [0.1, 0.15) is 10.4 Å². The molecule has 0 saturated carbocycles. The van der Waals surface area contributed by atoms with Crippen molar-refractivity contribution in [2.75, 3.05) is 0 Å². The average Bonchev–Trinajstić information content (AvgIpc) is 2.32. The maximum absolute atomic E-state index is 13.7. The third kappa shape index (κ3) is 2.56. The second-order valence-corrected chi connectivity index (χ2v) is 4.83. The summed E-state index contributed by atoms with van der Waals surface area (Å²) in [6.07, 6.45) is 0.687. The first kappa shape index (κ1) is 12.3. The molecule has 0 heterocycles. The molecule has 0 aliphatic heterocycles. The van der Waals surface area contributed by atoms with Gasteiger partial charge in [-0.15, -0.1) is 0 Å². The highest BCUT2D eigenvalue weighted by atomic mass is 79.9. The first-order valence-corrected chi connectivity index (χ1v) is 5.99. The van der Waals surface area contributed by atoms with Crippen molar-refractivity contribution in [1.29, 1.82) is 0 Å². The Morgan fingerprint density at radius 1 is 1.12 bits per heavy atom. The summed E-state index contributed by atoms with van der Waals surface area (Å²) in [5.74, 6) is -0.390. The third-order valence-corrected chi connectivity index (χ3v) is 3.09. The molecule has 4 heteroatoms. The zero-order chi connectivity index (χ0) is 12.4. The van der Waals surface area contributed by atoms with Crippen LogP contribution < -0.4 is 0 Å². The van der Waals surface area contributed by atoms with Crippen LogP contribution in [-0.2, 0) is 0 Å². The number of hydrogen-bond donors (Lipinski definition) is 0. The lowest BCUT2D eigenvalue weighted by Gasteiger charge is -2.07. The van der Waals surface area contributed by atoms with E-state index in [-0.39, 0.29) is 0 Å². The van der Waals surface area contributed by atoms with E-state index in [4.69, 9.17) is 11.6 Å². The van der Waals surface area contributed by atoms with E-state index in [2.05, 4.69) is 15.9 Å². The lowest BCUT2D eigenvalue weighted by atomic mass is 10.00. The summed E-state index contributed by atoms with van der Waals surface area (Å²) < 4.78 is 14.5. The minimum atomic E-state index is -0.390. The molecule has 0 aromatic heterocycles. The Balaban J connectivity index is 2.70. The van der Waals surface area contributed by atoms with Crippen LogP contribution in [0.3, 0.4) is 0 Å². The molecule has 0 N–H and O–H groups in total. The molecule has 2 aromatic carbocycles. The number of hydrogen-bond acceptors (Lipinski definition) is 1. The zero-order valence-corrected chi connectivity index (χ0v) is 10.9. The molecule has 0 saturated heterocycles. The van der Waals surface area contributed by atoms with E-state index in [1.54, 1.807) is 30.3 Å². The largest absolute Gasteiger partial charge is 0.298 e. The molecule has 0 spiro atoms. The molecule has 1 nitrogen and oxygen atoms in total. The fourth-order valence-electron chi connectivity index (χ4n) is 1.57. The lowest BCUT2D eigenvalue weighted by Crippen LogP contribution is -1.91. The molecular formula is C13H7BrClFO. The summed E-state index contributed by atoms with van der Waals surface area (Å²) in [4.78, 5) is 10.9.